The molecule has 80 valence electrons. The molecule has 15 heavy (non-hydrogen) atoms. The number of aliphatic carboxylic acids is 1. The topological polar surface area (TPSA) is 57.5 Å². The van der Waals surface area contributed by atoms with Crippen LogP contribution in [0.25, 0.3) is 0 Å². The zero-order valence-corrected chi connectivity index (χ0v) is 8.44. The lowest BCUT2D eigenvalue weighted by atomic mass is 9.81. The molecule has 2 bridgehead atoms. The van der Waals surface area contributed by atoms with Crippen molar-refractivity contribution < 1.29 is 15.0 Å². The maximum absolute atomic E-state index is 10.9. The van der Waals surface area contributed by atoms with Crippen molar-refractivity contribution in [2.75, 3.05) is 0 Å². The van der Waals surface area contributed by atoms with E-state index in [0.29, 0.717) is 23.8 Å². The van der Waals surface area contributed by atoms with Crippen LogP contribution >= 0.6 is 0 Å². The van der Waals surface area contributed by atoms with Crippen LogP contribution in [0.5, 0.6) is 0 Å². The number of fused-ring (bicyclic) bond motifs is 4. The van der Waals surface area contributed by atoms with Crippen LogP contribution in [0.1, 0.15) is 25.7 Å². The van der Waals surface area contributed by atoms with E-state index in [1.54, 1.807) is 0 Å². The van der Waals surface area contributed by atoms with Crippen LogP contribution in [0.3, 0.4) is 0 Å². The van der Waals surface area contributed by atoms with Gasteiger partial charge in [-0.25, -0.2) is 4.79 Å². The maximum atomic E-state index is 10.9. The van der Waals surface area contributed by atoms with E-state index in [1.807, 2.05) is 6.08 Å². The summed E-state index contributed by atoms with van der Waals surface area (Å²) in [5.41, 5.74) is 3.20. The summed E-state index contributed by atoms with van der Waals surface area (Å²) in [6.07, 6.45) is 4.89. The van der Waals surface area contributed by atoms with Crippen LogP contribution in [-0.4, -0.2) is 22.3 Å². The maximum Gasteiger partial charge on any atom is 0.331 e. The van der Waals surface area contributed by atoms with E-state index >= 15 is 0 Å². The molecule has 0 aromatic rings. The van der Waals surface area contributed by atoms with E-state index in [9.17, 15) is 9.90 Å². The van der Waals surface area contributed by atoms with Crippen LogP contribution in [0.4, 0.5) is 0 Å². The highest BCUT2D eigenvalue weighted by Gasteiger charge is 2.45. The summed E-state index contributed by atoms with van der Waals surface area (Å²) in [6, 6.07) is 0. The highest BCUT2D eigenvalue weighted by molar-refractivity contribution is 5.87. The molecule has 0 spiro atoms. The lowest BCUT2D eigenvalue weighted by molar-refractivity contribution is -0.132. The molecule has 3 nitrogen and oxygen atoms in total. The molecule has 3 rings (SSSR count). The molecule has 2 N–H and O–H groups in total. The number of carboxylic acid groups (broad SMARTS) is 1. The van der Waals surface area contributed by atoms with Gasteiger partial charge in [0.2, 0.25) is 0 Å². The van der Waals surface area contributed by atoms with Crippen molar-refractivity contribution in [2.24, 2.45) is 11.8 Å². The molecule has 0 saturated heterocycles. The molecular formula is C12H14O3. The number of rotatable bonds is 1. The van der Waals surface area contributed by atoms with Gasteiger partial charge in [-0.15, -0.1) is 0 Å². The van der Waals surface area contributed by atoms with Gasteiger partial charge in [0.05, 0.1) is 6.10 Å². The Kier molecular flexibility index (Phi) is 1.80. The molecule has 0 amide bonds. The molecule has 0 heterocycles. The largest absolute Gasteiger partial charge is 0.478 e. The molecule has 0 aliphatic heterocycles. The Morgan fingerprint density at radius 1 is 1.33 bits per heavy atom. The fraction of sp³-hybridized carbons (Fsp3) is 0.583. The van der Waals surface area contributed by atoms with Crippen molar-refractivity contribution >= 4 is 5.97 Å². The second-order valence-electron chi connectivity index (χ2n) is 4.81. The first-order valence-electron chi connectivity index (χ1n) is 5.49. The summed E-state index contributed by atoms with van der Waals surface area (Å²) in [5.74, 6) is 0.00418. The molecule has 3 heteroatoms. The van der Waals surface area contributed by atoms with Crippen molar-refractivity contribution in [1.29, 1.82) is 0 Å². The van der Waals surface area contributed by atoms with E-state index in [1.165, 1.54) is 11.1 Å². The summed E-state index contributed by atoms with van der Waals surface area (Å²) in [4.78, 5) is 10.9. The Hall–Kier alpha value is -1.09. The SMILES string of the molecule is O=C(O)C1=CCC2=C(C1)[C@@H]1C[C@@H](O)[C@H]2C1. The molecule has 3 aliphatic carbocycles. The molecule has 1 saturated carbocycles. The zero-order valence-electron chi connectivity index (χ0n) is 8.44. The predicted octanol–water partition coefficient (Wildman–Crippen LogP) is 1.49. The molecular weight excluding hydrogens is 192 g/mol. The third-order valence-electron chi connectivity index (χ3n) is 4.11. The number of allylic oxidation sites excluding steroid dienone is 2. The van der Waals surface area contributed by atoms with Gasteiger partial charge in [0.15, 0.2) is 0 Å². The van der Waals surface area contributed by atoms with Gasteiger partial charge in [-0.3, -0.25) is 0 Å². The van der Waals surface area contributed by atoms with Crippen molar-refractivity contribution in [1.82, 2.24) is 0 Å². The number of carboxylic acids is 1. The van der Waals surface area contributed by atoms with Crippen molar-refractivity contribution in [2.45, 2.75) is 31.8 Å². The minimum Gasteiger partial charge on any atom is -0.478 e. The van der Waals surface area contributed by atoms with E-state index in [0.717, 1.165) is 19.3 Å². The van der Waals surface area contributed by atoms with E-state index in [2.05, 4.69) is 0 Å². The molecule has 1 fully saturated rings. The second-order valence-corrected chi connectivity index (χ2v) is 4.81. The fourth-order valence-corrected chi connectivity index (χ4v) is 3.39. The van der Waals surface area contributed by atoms with Gasteiger partial charge < -0.3 is 10.2 Å². The Morgan fingerprint density at radius 3 is 2.87 bits per heavy atom. The molecule has 3 aliphatic rings. The normalized spacial score (nSPS) is 37.9. The van der Waals surface area contributed by atoms with Crippen molar-refractivity contribution in [3.8, 4) is 0 Å². The van der Waals surface area contributed by atoms with Gasteiger partial charge in [-0.05, 0) is 25.2 Å². The molecule has 0 aromatic carbocycles. The number of carbonyl (C=O) groups is 1. The average Bonchev–Trinajstić information content (AvgIpc) is 2.74. The van der Waals surface area contributed by atoms with Crippen molar-refractivity contribution in [3.05, 3.63) is 22.8 Å². The van der Waals surface area contributed by atoms with Crippen LogP contribution in [-0.2, 0) is 4.79 Å². The van der Waals surface area contributed by atoms with E-state index in [-0.39, 0.29) is 6.10 Å². The van der Waals surface area contributed by atoms with Gasteiger partial charge in [0.25, 0.3) is 0 Å². The van der Waals surface area contributed by atoms with Crippen LogP contribution in [0, 0.1) is 11.8 Å². The Morgan fingerprint density at radius 2 is 2.13 bits per heavy atom. The quantitative estimate of drug-likeness (QED) is 0.639. The smallest absolute Gasteiger partial charge is 0.331 e. The lowest BCUT2D eigenvalue weighted by Crippen LogP contribution is -2.21. The molecule has 0 unspecified atom stereocenters. The average molecular weight is 206 g/mol. The summed E-state index contributed by atoms with van der Waals surface area (Å²) < 4.78 is 0. The van der Waals surface area contributed by atoms with Crippen LogP contribution in [0.2, 0.25) is 0 Å². The van der Waals surface area contributed by atoms with E-state index in [4.69, 9.17) is 5.11 Å². The Labute approximate surface area is 88.1 Å². The standard InChI is InChI=1S/C12H14O3/c13-11-5-7-4-10(11)8-2-1-6(12(14)15)3-9(7)8/h1,7,10-11,13H,2-5H2,(H,14,15)/t7-,10-,11+/m0/s1. The highest BCUT2D eigenvalue weighted by atomic mass is 16.4. The minimum atomic E-state index is -0.787. The fourth-order valence-electron chi connectivity index (χ4n) is 3.39. The third-order valence-corrected chi connectivity index (χ3v) is 4.11. The number of aliphatic hydroxyl groups excluding tert-OH is 1. The second kappa shape index (κ2) is 2.95. The minimum absolute atomic E-state index is 0.173. The summed E-state index contributed by atoms with van der Waals surface area (Å²) >= 11 is 0. The Balaban J connectivity index is 1.89. The van der Waals surface area contributed by atoms with Gasteiger partial charge in [0, 0.05) is 17.9 Å². The first kappa shape index (κ1) is 9.16. The summed E-state index contributed by atoms with van der Waals surface area (Å²) in [5, 5.41) is 18.7. The molecule has 0 aromatic heterocycles. The van der Waals surface area contributed by atoms with Crippen molar-refractivity contribution in [3.63, 3.8) is 0 Å². The number of aliphatic hydroxyl groups is 1. The lowest BCUT2D eigenvalue weighted by Gasteiger charge is -2.26. The van der Waals surface area contributed by atoms with Gasteiger partial charge in [-0.1, -0.05) is 17.2 Å². The van der Waals surface area contributed by atoms with E-state index < -0.39 is 5.97 Å². The predicted molar refractivity (Wildman–Crippen MR) is 54.2 cm³/mol. The number of hydrogen-bond donors (Lipinski definition) is 2. The zero-order chi connectivity index (χ0) is 10.6. The van der Waals surface area contributed by atoms with Gasteiger partial charge >= 0.3 is 5.97 Å². The molecule has 0 radical (unpaired) electrons. The summed E-state index contributed by atoms with van der Waals surface area (Å²) in [7, 11) is 0. The van der Waals surface area contributed by atoms with Crippen LogP contribution < -0.4 is 0 Å². The first-order valence-corrected chi connectivity index (χ1v) is 5.49. The first-order chi connectivity index (χ1) is 7.16. The Bertz CT molecular complexity index is 392. The molecule has 3 atom stereocenters. The highest BCUT2D eigenvalue weighted by Crippen LogP contribution is 2.53. The summed E-state index contributed by atoms with van der Waals surface area (Å²) in [6.45, 7) is 0. The van der Waals surface area contributed by atoms with Crippen LogP contribution in [0.15, 0.2) is 22.8 Å². The van der Waals surface area contributed by atoms with Gasteiger partial charge in [0.1, 0.15) is 0 Å². The number of hydrogen-bond acceptors (Lipinski definition) is 2. The van der Waals surface area contributed by atoms with Gasteiger partial charge in [-0.2, -0.15) is 0 Å². The monoisotopic (exact) mass is 206 g/mol. The third kappa shape index (κ3) is 1.19.